The largest absolute Gasteiger partial charge is 0.479 e. The predicted molar refractivity (Wildman–Crippen MR) is 129 cm³/mol. The molecule has 0 bridgehead atoms. The van der Waals surface area contributed by atoms with E-state index in [2.05, 4.69) is 15.0 Å². The van der Waals surface area contributed by atoms with Crippen molar-refractivity contribution < 1.29 is 31.1 Å². The molecule has 13 heteroatoms. The van der Waals surface area contributed by atoms with Gasteiger partial charge in [-0.2, -0.15) is 13.2 Å². The third-order valence-electron chi connectivity index (χ3n) is 7.18. The van der Waals surface area contributed by atoms with Crippen molar-refractivity contribution in [3.63, 3.8) is 0 Å². The van der Waals surface area contributed by atoms with Gasteiger partial charge in [0.1, 0.15) is 5.75 Å². The van der Waals surface area contributed by atoms with E-state index < -0.39 is 45.0 Å². The van der Waals surface area contributed by atoms with E-state index in [9.17, 15) is 26.4 Å². The zero-order chi connectivity index (χ0) is 26.5. The molecule has 1 saturated carbocycles. The molecule has 1 amide bonds. The second-order valence-electron chi connectivity index (χ2n) is 10.1. The first-order valence-corrected chi connectivity index (χ1v) is 13.8. The fourth-order valence-corrected chi connectivity index (χ4v) is 6.35. The van der Waals surface area contributed by atoms with Crippen molar-refractivity contribution in [2.24, 2.45) is 5.92 Å². The van der Waals surface area contributed by atoms with E-state index in [0.717, 1.165) is 0 Å². The zero-order valence-corrected chi connectivity index (χ0v) is 21.2. The first kappa shape index (κ1) is 25.7. The third kappa shape index (κ3) is 5.36. The van der Waals surface area contributed by atoms with Crippen LogP contribution in [0.3, 0.4) is 0 Å². The molecule has 0 aromatic carbocycles. The number of aromatic nitrogens is 3. The number of amides is 1. The molecular formula is C24H28F3N5O4S. The second kappa shape index (κ2) is 9.41. The van der Waals surface area contributed by atoms with Gasteiger partial charge in [-0.3, -0.25) is 9.78 Å². The van der Waals surface area contributed by atoms with Gasteiger partial charge in [0.05, 0.1) is 34.8 Å². The van der Waals surface area contributed by atoms with Crippen LogP contribution in [0.2, 0.25) is 0 Å². The van der Waals surface area contributed by atoms with Crippen LogP contribution in [0, 0.1) is 5.92 Å². The first-order valence-electron chi connectivity index (χ1n) is 12.2. The van der Waals surface area contributed by atoms with Crippen LogP contribution in [0.25, 0.3) is 0 Å². The lowest BCUT2D eigenvalue weighted by Crippen LogP contribution is -2.56. The molecule has 2 saturated heterocycles. The van der Waals surface area contributed by atoms with Crippen molar-refractivity contribution in [3.8, 4) is 5.75 Å². The monoisotopic (exact) mass is 539 g/mol. The Labute approximate surface area is 213 Å². The predicted octanol–water partition coefficient (Wildman–Crippen LogP) is 3.12. The summed E-state index contributed by atoms with van der Waals surface area (Å²) < 4.78 is 68.0. The quantitative estimate of drug-likeness (QED) is 0.504. The highest BCUT2D eigenvalue weighted by molar-refractivity contribution is 7.92. The van der Waals surface area contributed by atoms with Crippen LogP contribution in [0.1, 0.15) is 44.7 Å². The molecular weight excluding hydrogens is 511 g/mol. The molecule has 200 valence electrons. The summed E-state index contributed by atoms with van der Waals surface area (Å²) in [6, 6.07) is 3.30. The van der Waals surface area contributed by atoms with Crippen molar-refractivity contribution in [1.82, 2.24) is 15.0 Å². The number of alkyl halides is 3. The van der Waals surface area contributed by atoms with Gasteiger partial charge in [-0.05, 0) is 38.3 Å². The maximum atomic E-state index is 12.9. The minimum absolute atomic E-state index is 0.191. The summed E-state index contributed by atoms with van der Waals surface area (Å²) in [4.78, 5) is 29.1. The Morgan fingerprint density at radius 3 is 2.41 bits per heavy atom. The molecule has 2 unspecified atom stereocenters. The van der Waals surface area contributed by atoms with Gasteiger partial charge in [0.25, 0.3) is 5.91 Å². The van der Waals surface area contributed by atoms with E-state index in [-0.39, 0.29) is 11.8 Å². The van der Waals surface area contributed by atoms with Crippen LogP contribution in [0.5, 0.6) is 5.75 Å². The van der Waals surface area contributed by atoms with Crippen molar-refractivity contribution in [3.05, 3.63) is 36.4 Å². The SMILES string of the molecule is CC(C)S(=O)(=O)C1CN(c2ncc(N3CC[C@@H](Oc4ccc(C5CC5CC(F)(F)F)nc4)C3=O)cn2)C1. The smallest absolute Gasteiger partial charge is 0.389 e. The summed E-state index contributed by atoms with van der Waals surface area (Å²) in [6.07, 6.45) is -0.245. The highest BCUT2D eigenvalue weighted by Gasteiger charge is 2.46. The highest BCUT2D eigenvalue weighted by Crippen LogP contribution is 2.52. The zero-order valence-electron chi connectivity index (χ0n) is 20.4. The van der Waals surface area contributed by atoms with Gasteiger partial charge in [-0.25, -0.2) is 18.4 Å². The number of anilines is 2. The summed E-state index contributed by atoms with van der Waals surface area (Å²) >= 11 is 0. The maximum absolute atomic E-state index is 12.9. The van der Waals surface area contributed by atoms with Crippen LogP contribution in [-0.2, 0) is 14.6 Å². The van der Waals surface area contributed by atoms with E-state index in [1.54, 1.807) is 30.9 Å². The summed E-state index contributed by atoms with van der Waals surface area (Å²) in [7, 11) is -3.16. The molecule has 0 N–H and O–H groups in total. The van der Waals surface area contributed by atoms with E-state index in [1.807, 2.05) is 0 Å². The van der Waals surface area contributed by atoms with Crippen LogP contribution in [0.15, 0.2) is 30.7 Å². The topological polar surface area (TPSA) is 106 Å². The number of hydrogen-bond acceptors (Lipinski definition) is 8. The van der Waals surface area contributed by atoms with Gasteiger partial charge in [-0.15, -0.1) is 0 Å². The van der Waals surface area contributed by atoms with E-state index in [0.29, 0.717) is 55.6 Å². The van der Waals surface area contributed by atoms with Gasteiger partial charge in [0.15, 0.2) is 15.9 Å². The Kier molecular flexibility index (Phi) is 6.53. The summed E-state index contributed by atoms with van der Waals surface area (Å²) in [5.41, 5.74) is 1.12. The molecule has 2 aromatic heterocycles. The Balaban J connectivity index is 1.14. The van der Waals surface area contributed by atoms with E-state index in [4.69, 9.17) is 4.74 Å². The van der Waals surface area contributed by atoms with Crippen molar-refractivity contribution in [1.29, 1.82) is 0 Å². The molecule has 0 radical (unpaired) electrons. The van der Waals surface area contributed by atoms with Crippen molar-refractivity contribution in [2.75, 3.05) is 29.4 Å². The van der Waals surface area contributed by atoms with Gasteiger partial charge in [0, 0.05) is 44.1 Å². The number of ether oxygens (including phenoxy) is 1. The molecule has 0 spiro atoms. The normalized spacial score (nSPS) is 24.5. The molecule has 2 aromatic rings. The van der Waals surface area contributed by atoms with Crippen molar-refractivity contribution >= 4 is 27.4 Å². The Morgan fingerprint density at radius 2 is 1.81 bits per heavy atom. The average molecular weight is 540 g/mol. The third-order valence-corrected chi connectivity index (χ3v) is 9.72. The number of hydrogen-bond donors (Lipinski definition) is 0. The standard InChI is InChI=1S/C24H28F3N5O4S/c1-14(2)37(34,35)18-12-31(13-18)23-29-9-16(10-30-23)32-6-5-21(22(32)33)36-17-3-4-20(28-11-17)19-7-15(19)8-24(25,26)27/h3-4,9-11,14-15,18-19,21H,5-8,12-13H2,1-2H3/t15?,19?,21-/m1/s1. The number of carbonyl (C=O) groups is 1. The van der Waals surface area contributed by atoms with E-state index in [1.165, 1.54) is 23.5 Å². The van der Waals surface area contributed by atoms with Crippen LogP contribution < -0.4 is 14.5 Å². The van der Waals surface area contributed by atoms with Crippen LogP contribution >= 0.6 is 0 Å². The second-order valence-corrected chi connectivity index (χ2v) is 12.9. The van der Waals surface area contributed by atoms with Crippen molar-refractivity contribution in [2.45, 2.75) is 61.8 Å². The Morgan fingerprint density at radius 1 is 1.11 bits per heavy atom. The van der Waals surface area contributed by atoms with Gasteiger partial charge in [0.2, 0.25) is 5.95 Å². The van der Waals surface area contributed by atoms with Gasteiger partial charge in [-0.1, -0.05) is 0 Å². The number of halogens is 3. The Bertz CT molecular complexity index is 1250. The maximum Gasteiger partial charge on any atom is 0.389 e. The Hall–Kier alpha value is -2.96. The van der Waals surface area contributed by atoms with Gasteiger partial charge < -0.3 is 14.5 Å². The number of rotatable bonds is 8. The number of pyridine rings is 1. The lowest BCUT2D eigenvalue weighted by molar-refractivity contribution is -0.138. The summed E-state index contributed by atoms with van der Waals surface area (Å²) in [5, 5.41) is -0.857. The van der Waals surface area contributed by atoms with Crippen LogP contribution in [-0.4, -0.2) is 71.7 Å². The molecule has 9 nitrogen and oxygen atoms in total. The minimum atomic E-state index is -4.17. The summed E-state index contributed by atoms with van der Waals surface area (Å²) in [5.74, 6) is -0.0673. The summed E-state index contributed by atoms with van der Waals surface area (Å²) in [6.45, 7) is 4.44. The van der Waals surface area contributed by atoms with Crippen LogP contribution in [0.4, 0.5) is 24.8 Å². The number of carbonyl (C=O) groups excluding carboxylic acids is 1. The van der Waals surface area contributed by atoms with Gasteiger partial charge >= 0.3 is 6.18 Å². The molecule has 3 atom stereocenters. The van der Waals surface area contributed by atoms with E-state index >= 15 is 0 Å². The molecule has 1 aliphatic carbocycles. The lowest BCUT2D eigenvalue weighted by atomic mass is 10.2. The average Bonchev–Trinajstić information content (AvgIpc) is 3.45. The first-order chi connectivity index (χ1) is 17.4. The molecule has 5 rings (SSSR count). The molecule has 3 aliphatic rings. The molecule has 37 heavy (non-hydrogen) atoms. The number of nitrogens with zero attached hydrogens (tertiary/aromatic N) is 5. The fraction of sp³-hybridized carbons (Fsp3) is 0.583. The fourth-order valence-electron chi connectivity index (χ4n) is 4.81. The highest BCUT2D eigenvalue weighted by atomic mass is 32.2. The molecule has 3 fully saturated rings. The molecule has 2 aliphatic heterocycles. The molecule has 4 heterocycles. The number of sulfone groups is 1. The lowest BCUT2D eigenvalue weighted by Gasteiger charge is -2.39. The minimum Gasteiger partial charge on any atom is -0.479 e.